The lowest BCUT2D eigenvalue weighted by molar-refractivity contribution is -0.134. The number of Topliss-reactive ketones (excluding diaryl/α,β-unsaturated/α-hetero) is 1. The minimum atomic E-state index is -0.520. The van der Waals surface area contributed by atoms with Gasteiger partial charge in [0.15, 0.2) is 6.61 Å². The summed E-state index contributed by atoms with van der Waals surface area (Å²) in [5.74, 6) is -0.379. The average molecular weight is 416 g/mol. The molecule has 2 aromatic rings. The predicted octanol–water partition coefficient (Wildman–Crippen LogP) is 3.31. The molecule has 2 heterocycles. The molecule has 0 spiro atoms. The first-order chi connectivity index (χ1) is 13.9. The third-order valence-corrected chi connectivity index (χ3v) is 5.90. The number of benzene rings is 1. The number of carbonyl (C=O) groups excluding carboxylic acids is 3. The molecular weight excluding hydrogens is 390 g/mol. The Morgan fingerprint density at radius 1 is 1.07 bits per heavy atom. The third kappa shape index (κ3) is 5.74. The molecule has 3 rings (SSSR count). The summed E-state index contributed by atoms with van der Waals surface area (Å²) in [4.78, 5) is 39.9. The van der Waals surface area contributed by atoms with Gasteiger partial charge in [0, 0.05) is 18.0 Å². The van der Waals surface area contributed by atoms with Crippen LogP contribution in [0.5, 0.6) is 0 Å². The molecule has 1 aliphatic rings. The van der Waals surface area contributed by atoms with E-state index < -0.39 is 5.97 Å². The minimum Gasteiger partial charge on any atom is -0.454 e. The normalized spacial score (nSPS) is 14.1. The Hall–Kier alpha value is -2.51. The van der Waals surface area contributed by atoms with Crippen LogP contribution in [0.2, 0.25) is 0 Å². The smallest absolute Gasteiger partial charge is 0.338 e. The molecule has 154 valence electrons. The van der Waals surface area contributed by atoms with Crippen molar-refractivity contribution in [3.05, 3.63) is 57.3 Å². The molecule has 29 heavy (non-hydrogen) atoms. The van der Waals surface area contributed by atoms with Gasteiger partial charge in [0.1, 0.15) is 0 Å². The van der Waals surface area contributed by atoms with E-state index in [1.165, 1.54) is 11.3 Å². The lowest BCUT2D eigenvalue weighted by Crippen LogP contribution is -2.41. The predicted molar refractivity (Wildman–Crippen MR) is 111 cm³/mol. The van der Waals surface area contributed by atoms with Gasteiger partial charge in [0.05, 0.1) is 30.1 Å². The molecule has 0 N–H and O–H groups in total. The van der Waals surface area contributed by atoms with E-state index in [9.17, 15) is 14.4 Å². The Morgan fingerprint density at radius 2 is 1.76 bits per heavy atom. The molecule has 1 amide bonds. The van der Waals surface area contributed by atoms with Gasteiger partial charge in [-0.3, -0.25) is 9.59 Å². The van der Waals surface area contributed by atoms with Crippen LogP contribution in [0.15, 0.2) is 36.4 Å². The number of carbonyl (C=O) groups is 3. The van der Waals surface area contributed by atoms with Gasteiger partial charge >= 0.3 is 5.97 Å². The van der Waals surface area contributed by atoms with E-state index in [-0.39, 0.29) is 24.7 Å². The van der Waals surface area contributed by atoms with Crippen molar-refractivity contribution in [1.29, 1.82) is 0 Å². The van der Waals surface area contributed by atoms with Crippen molar-refractivity contribution in [2.24, 2.45) is 0 Å². The number of ether oxygens (including phenoxy) is 2. The van der Waals surface area contributed by atoms with Crippen molar-refractivity contribution in [3.63, 3.8) is 0 Å². The van der Waals surface area contributed by atoms with E-state index in [1.54, 1.807) is 29.2 Å². The maximum absolute atomic E-state index is 12.3. The van der Waals surface area contributed by atoms with E-state index in [4.69, 9.17) is 9.47 Å². The van der Waals surface area contributed by atoms with Gasteiger partial charge in [0.25, 0.3) is 0 Å². The molecule has 6 nitrogen and oxygen atoms in total. The first kappa shape index (κ1) is 21.2. The van der Waals surface area contributed by atoms with Crippen LogP contribution in [-0.2, 0) is 20.7 Å². The van der Waals surface area contributed by atoms with Gasteiger partial charge in [-0.05, 0) is 35.7 Å². The number of morpholine rings is 1. The summed E-state index contributed by atoms with van der Waals surface area (Å²) < 4.78 is 10.4. The van der Waals surface area contributed by atoms with Gasteiger partial charge in [-0.15, -0.1) is 11.3 Å². The zero-order chi connectivity index (χ0) is 20.8. The first-order valence-corrected chi connectivity index (χ1v) is 10.5. The minimum absolute atomic E-state index is 0.0328. The molecule has 0 aliphatic carbocycles. The van der Waals surface area contributed by atoms with Crippen LogP contribution in [0, 0.1) is 0 Å². The summed E-state index contributed by atoms with van der Waals surface area (Å²) in [5, 5.41) is 0. The Morgan fingerprint density at radius 3 is 2.41 bits per heavy atom. The van der Waals surface area contributed by atoms with E-state index in [0.717, 1.165) is 10.4 Å². The number of thiophene rings is 1. The highest BCUT2D eigenvalue weighted by molar-refractivity contribution is 7.14. The number of hydrogen-bond acceptors (Lipinski definition) is 6. The van der Waals surface area contributed by atoms with E-state index in [0.29, 0.717) is 42.7 Å². The second-order valence-electron chi connectivity index (χ2n) is 7.21. The van der Waals surface area contributed by atoms with Crippen LogP contribution in [0.4, 0.5) is 0 Å². The molecule has 0 bridgehead atoms. The fourth-order valence-corrected chi connectivity index (χ4v) is 3.91. The molecule has 1 aromatic heterocycles. The molecule has 7 heteroatoms. The summed E-state index contributed by atoms with van der Waals surface area (Å²) in [6.45, 7) is 6.17. The van der Waals surface area contributed by atoms with Crippen molar-refractivity contribution < 1.29 is 23.9 Å². The maximum Gasteiger partial charge on any atom is 0.338 e. The quantitative estimate of drug-likeness (QED) is 0.512. The largest absolute Gasteiger partial charge is 0.454 e. The Balaban J connectivity index is 1.50. The van der Waals surface area contributed by atoms with E-state index >= 15 is 0 Å². The molecular formula is C22H25NO5S. The number of ketones is 1. The van der Waals surface area contributed by atoms with Crippen molar-refractivity contribution >= 4 is 29.0 Å². The van der Waals surface area contributed by atoms with Crippen LogP contribution in [0.3, 0.4) is 0 Å². The number of rotatable bonds is 7. The second kappa shape index (κ2) is 9.80. The van der Waals surface area contributed by atoms with Gasteiger partial charge in [-0.1, -0.05) is 26.0 Å². The molecule has 0 radical (unpaired) electrons. The van der Waals surface area contributed by atoms with Crippen molar-refractivity contribution in [3.8, 4) is 0 Å². The molecule has 0 saturated carbocycles. The number of amides is 1. The van der Waals surface area contributed by atoms with Crippen LogP contribution < -0.4 is 0 Å². The Bertz CT molecular complexity index is 866. The summed E-state index contributed by atoms with van der Waals surface area (Å²) in [7, 11) is 0. The fraction of sp³-hybridized carbons (Fsp3) is 0.409. The molecule has 1 saturated heterocycles. The molecule has 1 aliphatic heterocycles. The second-order valence-corrected chi connectivity index (χ2v) is 8.38. The van der Waals surface area contributed by atoms with Crippen LogP contribution in [0.1, 0.15) is 50.2 Å². The zero-order valence-corrected chi connectivity index (χ0v) is 17.5. The van der Waals surface area contributed by atoms with Crippen molar-refractivity contribution in [1.82, 2.24) is 4.90 Å². The topological polar surface area (TPSA) is 72.9 Å². The Labute approximate surface area is 174 Å². The SMILES string of the molecule is CC(C)c1ccc(C(=O)OCC(=O)c2ccc(CC(=O)N3CCOCC3)s2)cc1. The van der Waals surface area contributed by atoms with Crippen molar-refractivity contribution in [2.75, 3.05) is 32.9 Å². The number of esters is 1. The molecule has 0 unspecified atom stereocenters. The van der Waals surface area contributed by atoms with Crippen LogP contribution in [-0.4, -0.2) is 55.5 Å². The van der Waals surface area contributed by atoms with E-state index in [2.05, 4.69) is 13.8 Å². The van der Waals surface area contributed by atoms with Crippen LogP contribution >= 0.6 is 11.3 Å². The highest BCUT2D eigenvalue weighted by atomic mass is 32.1. The first-order valence-electron chi connectivity index (χ1n) is 9.68. The van der Waals surface area contributed by atoms with Gasteiger partial charge in [-0.2, -0.15) is 0 Å². The van der Waals surface area contributed by atoms with Gasteiger partial charge < -0.3 is 14.4 Å². The molecule has 0 atom stereocenters. The van der Waals surface area contributed by atoms with Crippen LogP contribution in [0.25, 0.3) is 0 Å². The third-order valence-electron chi connectivity index (χ3n) is 4.77. The fourth-order valence-electron chi connectivity index (χ4n) is 2.99. The standard InChI is InChI=1S/C22H25NO5S/c1-15(2)16-3-5-17(6-4-16)22(26)28-14-19(24)20-8-7-18(29-20)13-21(25)23-9-11-27-12-10-23/h3-8,15H,9-14H2,1-2H3. The van der Waals surface area contributed by atoms with Gasteiger partial charge in [0.2, 0.25) is 11.7 Å². The summed E-state index contributed by atoms with van der Waals surface area (Å²) in [6.07, 6.45) is 0.264. The number of hydrogen-bond donors (Lipinski definition) is 0. The zero-order valence-electron chi connectivity index (χ0n) is 16.7. The average Bonchev–Trinajstić information content (AvgIpc) is 3.21. The lowest BCUT2D eigenvalue weighted by Gasteiger charge is -2.26. The van der Waals surface area contributed by atoms with E-state index in [1.807, 2.05) is 12.1 Å². The summed E-state index contributed by atoms with van der Waals surface area (Å²) in [6, 6.07) is 10.7. The lowest BCUT2D eigenvalue weighted by atomic mass is 10.0. The van der Waals surface area contributed by atoms with Gasteiger partial charge in [-0.25, -0.2) is 4.79 Å². The highest BCUT2D eigenvalue weighted by Gasteiger charge is 2.19. The number of nitrogens with zero attached hydrogens (tertiary/aromatic N) is 1. The maximum atomic E-state index is 12.3. The monoisotopic (exact) mass is 415 g/mol. The molecule has 1 fully saturated rings. The summed E-state index contributed by atoms with van der Waals surface area (Å²) in [5.41, 5.74) is 1.56. The highest BCUT2D eigenvalue weighted by Crippen LogP contribution is 2.19. The molecule has 1 aromatic carbocycles. The Kier molecular flexibility index (Phi) is 7.17. The van der Waals surface area contributed by atoms with Crippen molar-refractivity contribution in [2.45, 2.75) is 26.2 Å². The summed E-state index contributed by atoms with van der Waals surface area (Å²) >= 11 is 1.27.